The molecule has 0 bridgehead atoms. The normalized spacial score (nSPS) is 17.6. The standard InChI is InChI=1S/C22H20N2O3S/c25-21(20-12-26-18-7-3-4-8-19(18)27-20)24-22-23-17(13-28-22)16-10-9-14-5-1-2-6-15(14)11-16/h3-4,7-11,13,20H,1-2,5-6,12H2,(H,23,24,25)/t20-/m0/s1. The number of nitrogens with one attached hydrogen (secondary N) is 1. The summed E-state index contributed by atoms with van der Waals surface area (Å²) in [5.74, 6) is 0.999. The average Bonchev–Trinajstić information content (AvgIpc) is 3.21. The van der Waals surface area contributed by atoms with Gasteiger partial charge in [-0.1, -0.05) is 24.3 Å². The van der Waals surface area contributed by atoms with Crippen molar-refractivity contribution in [3.8, 4) is 22.8 Å². The van der Waals surface area contributed by atoms with Crippen LogP contribution in [0.5, 0.6) is 11.5 Å². The van der Waals surface area contributed by atoms with Crippen molar-refractivity contribution >= 4 is 22.4 Å². The minimum Gasteiger partial charge on any atom is -0.485 e. The third-order valence-corrected chi connectivity index (χ3v) is 5.94. The molecule has 0 saturated carbocycles. The number of hydrogen-bond donors (Lipinski definition) is 1. The van der Waals surface area contributed by atoms with Crippen LogP contribution < -0.4 is 14.8 Å². The number of benzene rings is 2. The van der Waals surface area contributed by atoms with Crippen LogP contribution in [0.15, 0.2) is 47.8 Å². The van der Waals surface area contributed by atoms with Crippen LogP contribution in [0, 0.1) is 0 Å². The second-order valence-electron chi connectivity index (χ2n) is 7.08. The number of amides is 1. The van der Waals surface area contributed by atoms with E-state index in [4.69, 9.17) is 9.47 Å². The zero-order valence-corrected chi connectivity index (χ0v) is 16.1. The molecule has 1 N–H and O–H groups in total. The number of anilines is 1. The number of thiazole rings is 1. The van der Waals surface area contributed by atoms with Crippen molar-refractivity contribution in [2.24, 2.45) is 0 Å². The number of rotatable bonds is 3. The first-order valence-corrected chi connectivity index (χ1v) is 10.4. The molecule has 2 heterocycles. The molecule has 1 aliphatic carbocycles. The average molecular weight is 392 g/mol. The lowest BCUT2D eigenvalue weighted by atomic mass is 9.90. The molecule has 0 saturated heterocycles. The zero-order chi connectivity index (χ0) is 18.9. The van der Waals surface area contributed by atoms with Crippen molar-refractivity contribution in [3.63, 3.8) is 0 Å². The summed E-state index contributed by atoms with van der Waals surface area (Å²) in [4.78, 5) is 17.2. The highest BCUT2D eigenvalue weighted by Gasteiger charge is 2.28. The lowest BCUT2D eigenvalue weighted by Gasteiger charge is -2.25. The van der Waals surface area contributed by atoms with Crippen LogP contribution in [0.2, 0.25) is 0 Å². The van der Waals surface area contributed by atoms with Crippen LogP contribution in [0.25, 0.3) is 11.3 Å². The number of aryl methyl sites for hydroxylation is 2. The van der Waals surface area contributed by atoms with E-state index in [1.165, 1.54) is 41.7 Å². The molecule has 5 rings (SSSR count). The molecule has 1 atom stereocenters. The molecule has 2 aliphatic rings. The summed E-state index contributed by atoms with van der Waals surface area (Å²) in [6.45, 7) is 0.186. The minimum absolute atomic E-state index is 0.186. The maximum Gasteiger partial charge on any atom is 0.270 e. The fraction of sp³-hybridized carbons (Fsp3) is 0.273. The summed E-state index contributed by atoms with van der Waals surface area (Å²) in [7, 11) is 0. The van der Waals surface area contributed by atoms with E-state index in [1.807, 2.05) is 23.6 Å². The van der Waals surface area contributed by atoms with Gasteiger partial charge in [-0.3, -0.25) is 10.1 Å². The van der Waals surface area contributed by atoms with Gasteiger partial charge in [0.25, 0.3) is 5.91 Å². The Morgan fingerprint density at radius 3 is 2.79 bits per heavy atom. The van der Waals surface area contributed by atoms with Crippen LogP contribution >= 0.6 is 11.3 Å². The molecule has 5 nitrogen and oxygen atoms in total. The largest absolute Gasteiger partial charge is 0.485 e. The van der Waals surface area contributed by atoms with Crippen molar-refractivity contribution in [2.75, 3.05) is 11.9 Å². The van der Waals surface area contributed by atoms with Crippen LogP contribution in [0.4, 0.5) is 5.13 Å². The van der Waals surface area contributed by atoms with Crippen LogP contribution in [-0.4, -0.2) is 23.6 Å². The Morgan fingerprint density at radius 2 is 1.89 bits per heavy atom. The van der Waals surface area contributed by atoms with Gasteiger partial charge in [0.15, 0.2) is 16.6 Å². The SMILES string of the molecule is O=C(Nc1nc(-c2ccc3c(c2)CCCC3)cs1)[C@@H]1COc2ccccc2O1. The lowest BCUT2D eigenvalue weighted by Crippen LogP contribution is -2.40. The predicted octanol–water partition coefficient (Wildman–Crippen LogP) is 4.47. The molecule has 3 aromatic rings. The van der Waals surface area contributed by atoms with Gasteiger partial charge in [0.2, 0.25) is 6.10 Å². The van der Waals surface area contributed by atoms with Crippen molar-refractivity contribution in [1.29, 1.82) is 0 Å². The summed E-state index contributed by atoms with van der Waals surface area (Å²) in [6.07, 6.45) is 4.14. The van der Waals surface area contributed by atoms with E-state index < -0.39 is 6.10 Å². The monoisotopic (exact) mass is 392 g/mol. The summed E-state index contributed by atoms with van der Waals surface area (Å²) in [6, 6.07) is 13.9. The van der Waals surface area contributed by atoms with Crippen LogP contribution in [0.1, 0.15) is 24.0 Å². The van der Waals surface area contributed by atoms with E-state index in [1.54, 1.807) is 6.07 Å². The summed E-state index contributed by atoms with van der Waals surface area (Å²) >= 11 is 1.42. The maximum atomic E-state index is 12.6. The molecule has 1 amide bonds. The predicted molar refractivity (Wildman–Crippen MR) is 109 cm³/mol. The van der Waals surface area contributed by atoms with Crippen molar-refractivity contribution in [2.45, 2.75) is 31.8 Å². The molecule has 28 heavy (non-hydrogen) atoms. The van der Waals surface area contributed by atoms with Gasteiger partial charge in [-0.2, -0.15) is 0 Å². The molecule has 1 aliphatic heterocycles. The van der Waals surface area contributed by atoms with E-state index >= 15 is 0 Å². The van der Waals surface area contributed by atoms with Crippen molar-refractivity contribution < 1.29 is 14.3 Å². The molecule has 2 aromatic carbocycles. The molecule has 0 fully saturated rings. The first-order valence-electron chi connectivity index (χ1n) is 9.53. The Kier molecular flexibility index (Phi) is 4.49. The van der Waals surface area contributed by atoms with Crippen LogP contribution in [0.3, 0.4) is 0 Å². The highest BCUT2D eigenvalue weighted by Crippen LogP contribution is 2.32. The van der Waals surface area contributed by atoms with Gasteiger partial charge in [0.1, 0.15) is 6.61 Å². The fourth-order valence-corrected chi connectivity index (χ4v) is 4.41. The quantitative estimate of drug-likeness (QED) is 0.715. The number of nitrogens with zero attached hydrogens (tertiary/aromatic N) is 1. The summed E-state index contributed by atoms with van der Waals surface area (Å²) in [5.41, 5.74) is 4.87. The lowest BCUT2D eigenvalue weighted by molar-refractivity contribution is -0.125. The molecule has 0 unspecified atom stereocenters. The molecular formula is C22H20N2O3S. The Hall–Kier alpha value is -2.86. The van der Waals surface area contributed by atoms with E-state index in [9.17, 15) is 4.79 Å². The maximum absolute atomic E-state index is 12.6. The van der Waals surface area contributed by atoms with Gasteiger partial charge in [-0.25, -0.2) is 4.98 Å². The van der Waals surface area contributed by atoms with Crippen molar-refractivity contribution in [1.82, 2.24) is 4.98 Å². The van der Waals surface area contributed by atoms with Crippen molar-refractivity contribution in [3.05, 3.63) is 59.0 Å². The number of carbonyl (C=O) groups is 1. The molecule has 142 valence electrons. The topological polar surface area (TPSA) is 60.5 Å². The van der Waals surface area contributed by atoms with E-state index in [0.29, 0.717) is 16.6 Å². The van der Waals surface area contributed by atoms with Gasteiger partial charge in [-0.15, -0.1) is 11.3 Å². The zero-order valence-electron chi connectivity index (χ0n) is 15.3. The van der Waals surface area contributed by atoms with Gasteiger partial charge in [0.05, 0.1) is 5.69 Å². The first-order chi connectivity index (χ1) is 13.8. The third kappa shape index (κ3) is 3.36. The highest BCUT2D eigenvalue weighted by molar-refractivity contribution is 7.14. The van der Waals surface area contributed by atoms with Gasteiger partial charge in [0, 0.05) is 10.9 Å². The Morgan fingerprint density at radius 1 is 1.07 bits per heavy atom. The number of hydrogen-bond acceptors (Lipinski definition) is 5. The van der Waals surface area contributed by atoms with E-state index in [-0.39, 0.29) is 12.5 Å². The van der Waals surface area contributed by atoms with Crippen LogP contribution in [-0.2, 0) is 17.6 Å². The molecule has 0 spiro atoms. The molecule has 0 radical (unpaired) electrons. The Bertz CT molecular complexity index is 1030. The highest BCUT2D eigenvalue weighted by atomic mass is 32.1. The summed E-state index contributed by atoms with van der Waals surface area (Å²) in [5, 5.41) is 5.41. The Balaban J connectivity index is 1.29. The second-order valence-corrected chi connectivity index (χ2v) is 7.94. The molecule has 6 heteroatoms. The number of fused-ring (bicyclic) bond motifs is 2. The van der Waals surface area contributed by atoms with E-state index in [2.05, 4.69) is 28.5 Å². The smallest absolute Gasteiger partial charge is 0.270 e. The van der Waals surface area contributed by atoms with Gasteiger partial charge >= 0.3 is 0 Å². The number of para-hydroxylation sites is 2. The molecular weight excluding hydrogens is 372 g/mol. The van der Waals surface area contributed by atoms with Gasteiger partial charge < -0.3 is 9.47 Å². The first kappa shape index (κ1) is 17.3. The second kappa shape index (κ2) is 7.28. The summed E-state index contributed by atoms with van der Waals surface area (Å²) < 4.78 is 11.4. The van der Waals surface area contributed by atoms with E-state index in [0.717, 1.165) is 17.7 Å². The third-order valence-electron chi connectivity index (χ3n) is 5.18. The number of ether oxygens (including phenoxy) is 2. The minimum atomic E-state index is -0.689. The van der Waals surface area contributed by atoms with Gasteiger partial charge in [-0.05, 0) is 55.0 Å². The molecule has 1 aromatic heterocycles. The Labute approximate surface area is 167 Å². The number of carbonyl (C=O) groups excluding carboxylic acids is 1. The number of aromatic nitrogens is 1. The fourth-order valence-electron chi connectivity index (χ4n) is 3.69.